The Labute approximate surface area is 181 Å². The van der Waals surface area contributed by atoms with Gasteiger partial charge in [0.25, 0.3) is 0 Å². The van der Waals surface area contributed by atoms with Crippen LogP contribution in [0.5, 0.6) is 0 Å². The third-order valence-corrected chi connectivity index (χ3v) is 5.16. The first-order valence-corrected chi connectivity index (χ1v) is 10.3. The zero-order chi connectivity index (χ0) is 23.7. The highest BCUT2D eigenvalue weighted by Crippen LogP contribution is 2.08. The molecule has 1 aromatic rings. The predicted molar refractivity (Wildman–Crippen MR) is 114 cm³/mol. The number of carbonyl (C=O) groups excluding carboxylic acids is 3. The number of nitrogens with one attached hydrogen (secondary N) is 4. The van der Waals surface area contributed by atoms with Gasteiger partial charge >= 0.3 is 5.97 Å². The lowest BCUT2D eigenvalue weighted by Gasteiger charge is -2.25. The number of rotatable bonds is 12. The second-order valence-electron chi connectivity index (χ2n) is 8.05. The number of imidazole rings is 1. The quantitative estimate of drug-likeness (QED) is 0.255. The van der Waals surface area contributed by atoms with E-state index >= 15 is 0 Å². The van der Waals surface area contributed by atoms with Crippen molar-refractivity contribution < 1.29 is 24.3 Å². The van der Waals surface area contributed by atoms with E-state index in [2.05, 4.69) is 25.9 Å². The van der Waals surface area contributed by atoms with Gasteiger partial charge in [-0.2, -0.15) is 0 Å². The van der Waals surface area contributed by atoms with Gasteiger partial charge in [-0.25, -0.2) is 9.78 Å². The molecule has 1 rings (SSSR count). The molecular weight excluding hydrogens is 404 g/mol. The lowest BCUT2D eigenvalue weighted by atomic mass is 9.99. The molecule has 11 nitrogen and oxygen atoms in total. The summed E-state index contributed by atoms with van der Waals surface area (Å²) in [7, 11) is 0. The molecule has 0 saturated heterocycles. The largest absolute Gasteiger partial charge is 0.480 e. The molecule has 1 aromatic heterocycles. The SMILES string of the molecule is CCC(C)C(NC(=O)C(C)NC(=O)C(Cc1cnc[nH]1)NC(=O)C(N)C(C)C)C(=O)O. The molecule has 3 amide bonds. The fourth-order valence-electron chi connectivity index (χ4n) is 2.74. The number of aromatic amines is 1. The van der Waals surface area contributed by atoms with Gasteiger partial charge in [0.05, 0.1) is 12.4 Å². The van der Waals surface area contributed by atoms with Crippen LogP contribution in [0.1, 0.15) is 46.7 Å². The number of hydrogen-bond acceptors (Lipinski definition) is 6. The van der Waals surface area contributed by atoms with E-state index in [0.717, 1.165) is 0 Å². The topological polar surface area (TPSA) is 179 Å². The first kappa shape index (κ1) is 26.1. The summed E-state index contributed by atoms with van der Waals surface area (Å²) in [6.45, 7) is 8.56. The zero-order valence-corrected chi connectivity index (χ0v) is 18.6. The fraction of sp³-hybridized carbons (Fsp3) is 0.650. The maximum absolute atomic E-state index is 12.8. The van der Waals surface area contributed by atoms with Crippen LogP contribution in [0.15, 0.2) is 12.5 Å². The molecule has 0 aliphatic rings. The maximum atomic E-state index is 12.8. The normalized spacial score (nSPS) is 16.0. The third-order valence-electron chi connectivity index (χ3n) is 5.16. The highest BCUT2D eigenvalue weighted by atomic mass is 16.4. The molecule has 11 heteroatoms. The Bertz CT molecular complexity index is 751. The summed E-state index contributed by atoms with van der Waals surface area (Å²) in [5, 5.41) is 16.9. The summed E-state index contributed by atoms with van der Waals surface area (Å²) < 4.78 is 0. The van der Waals surface area contributed by atoms with E-state index in [-0.39, 0.29) is 18.3 Å². The number of carboxylic acid groups (broad SMARTS) is 1. The van der Waals surface area contributed by atoms with E-state index < -0.39 is 47.9 Å². The summed E-state index contributed by atoms with van der Waals surface area (Å²) in [6.07, 6.45) is 3.64. The number of carboxylic acids is 1. The van der Waals surface area contributed by atoms with Gasteiger partial charge in [-0.3, -0.25) is 14.4 Å². The standard InChI is InChI=1S/C20H34N6O5/c1-6-11(4)16(20(30)31)26-17(27)12(5)24-18(28)14(7-13-8-22-9-23-13)25-19(29)15(21)10(2)3/h8-12,14-16H,6-7,21H2,1-5H3,(H,22,23)(H,24,28)(H,25,29)(H,26,27)(H,30,31). The molecule has 7 N–H and O–H groups in total. The monoisotopic (exact) mass is 438 g/mol. The number of nitrogens with two attached hydrogens (primary N) is 1. The molecule has 1 heterocycles. The minimum atomic E-state index is -1.15. The highest BCUT2D eigenvalue weighted by molar-refractivity contribution is 5.94. The van der Waals surface area contributed by atoms with Gasteiger partial charge < -0.3 is 31.8 Å². The lowest BCUT2D eigenvalue weighted by Crippen LogP contribution is -2.57. The van der Waals surface area contributed by atoms with Crippen LogP contribution in [0.4, 0.5) is 0 Å². The molecule has 0 fully saturated rings. The van der Waals surface area contributed by atoms with E-state index in [0.29, 0.717) is 12.1 Å². The van der Waals surface area contributed by atoms with Crippen LogP contribution >= 0.6 is 0 Å². The molecule has 0 aromatic carbocycles. The average Bonchev–Trinajstić information content (AvgIpc) is 3.22. The van der Waals surface area contributed by atoms with Crippen LogP contribution in [-0.2, 0) is 25.6 Å². The van der Waals surface area contributed by atoms with Crippen molar-refractivity contribution in [3.8, 4) is 0 Å². The van der Waals surface area contributed by atoms with Gasteiger partial charge in [-0.15, -0.1) is 0 Å². The molecule has 0 radical (unpaired) electrons. The number of hydrogen-bond donors (Lipinski definition) is 6. The molecule has 5 unspecified atom stereocenters. The summed E-state index contributed by atoms with van der Waals surface area (Å²) in [5.41, 5.74) is 6.48. The van der Waals surface area contributed by atoms with Gasteiger partial charge in [0.15, 0.2) is 0 Å². The van der Waals surface area contributed by atoms with Crippen molar-refractivity contribution in [2.75, 3.05) is 0 Å². The van der Waals surface area contributed by atoms with Crippen molar-refractivity contribution in [1.82, 2.24) is 25.9 Å². The Morgan fingerprint density at radius 1 is 1.06 bits per heavy atom. The second kappa shape index (κ2) is 12.0. The summed E-state index contributed by atoms with van der Waals surface area (Å²) in [4.78, 5) is 55.9. The Morgan fingerprint density at radius 2 is 1.71 bits per heavy atom. The smallest absolute Gasteiger partial charge is 0.326 e. The van der Waals surface area contributed by atoms with Crippen molar-refractivity contribution in [3.05, 3.63) is 18.2 Å². The zero-order valence-electron chi connectivity index (χ0n) is 18.6. The molecule has 174 valence electrons. The van der Waals surface area contributed by atoms with E-state index in [4.69, 9.17) is 5.73 Å². The maximum Gasteiger partial charge on any atom is 0.326 e. The van der Waals surface area contributed by atoms with Gasteiger partial charge in [0, 0.05) is 18.3 Å². The van der Waals surface area contributed by atoms with Crippen molar-refractivity contribution in [2.24, 2.45) is 17.6 Å². The minimum Gasteiger partial charge on any atom is -0.480 e. The predicted octanol–water partition coefficient (Wildman–Crippen LogP) is -0.459. The molecule has 0 aliphatic carbocycles. The molecular formula is C20H34N6O5. The van der Waals surface area contributed by atoms with Gasteiger partial charge in [-0.05, 0) is 18.8 Å². The number of aromatic nitrogens is 2. The van der Waals surface area contributed by atoms with Crippen molar-refractivity contribution in [2.45, 2.75) is 71.6 Å². The minimum absolute atomic E-state index is 0.112. The lowest BCUT2D eigenvalue weighted by molar-refractivity contribution is -0.143. The average molecular weight is 439 g/mol. The van der Waals surface area contributed by atoms with Crippen LogP contribution in [0, 0.1) is 11.8 Å². The number of amides is 3. The van der Waals surface area contributed by atoms with Crippen LogP contribution in [0.2, 0.25) is 0 Å². The molecule has 31 heavy (non-hydrogen) atoms. The number of H-pyrrole nitrogens is 1. The van der Waals surface area contributed by atoms with Crippen molar-refractivity contribution in [1.29, 1.82) is 0 Å². The van der Waals surface area contributed by atoms with E-state index in [1.807, 2.05) is 6.92 Å². The van der Waals surface area contributed by atoms with E-state index in [1.54, 1.807) is 20.8 Å². The number of aliphatic carboxylic acids is 1. The summed E-state index contributed by atoms with van der Waals surface area (Å²) in [6, 6.07) is -3.89. The molecule has 0 bridgehead atoms. The molecule has 0 spiro atoms. The molecule has 0 aliphatic heterocycles. The van der Waals surface area contributed by atoms with Crippen LogP contribution in [-0.4, -0.2) is 62.9 Å². The third kappa shape index (κ3) is 8.00. The number of nitrogens with zero attached hydrogens (tertiary/aromatic N) is 1. The molecule has 5 atom stereocenters. The van der Waals surface area contributed by atoms with Crippen LogP contribution in [0.25, 0.3) is 0 Å². The number of carbonyl (C=O) groups is 4. The first-order valence-electron chi connectivity index (χ1n) is 10.3. The van der Waals surface area contributed by atoms with Gasteiger partial charge in [-0.1, -0.05) is 34.1 Å². The van der Waals surface area contributed by atoms with E-state index in [9.17, 15) is 24.3 Å². The fourth-order valence-corrected chi connectivity index (χ4v) is 2.74. The van der Waals surface area contributed by atoms with Gasteiger partial charge in [0.2, 0.25) is 17.7 Å². The Kier molecular flexibility index (Phi) is 10.1. The second-order valence-corrected chi connectivity index (χ2v) is 8.05. The van der Waals surface area contributed by atoms with E-state index in [1.165, 1.54) is 19.4 Å². The Hall–Kier alpha value is -2.95. The van der Waals surface area contributed by atoms with Crippen LogP contribution in [0.3, 0.4) is 0 Å². The summed E-state index contributed by atoms with van der Waals surface area (Å²) >= 11 is 0. The van der Waals surface area contributed by atoms with Crippen molar-refractivity contribution in [3.63, 3.8) is 0 Å². The highest BCUT2D eigenvalue weighted by Gasteiger charge is 2.30. The Morgan fingerprint density at radius 3 is 2.19 bits per heavy atom. The Balaban J connectivity index is 2.87. The summed E-state index contributed by atoms with van der Waals surface area (Å²) in [5.74, 6) is -3.28. The van der Waals surface area contributed by atoms with Crippen molar-refractivity contribution >= 4 is 23.7 Å². The first-order chi connectivity index (χ1) is 14.5. The molecule has 0 saturated carbocycles. The van der Waals surface area contributed by atoms with Gasteiger partial charge in [0.1, 0.15) is 18.1 Å². The van der Waals surface area contributed by atoms with Crippen LogP contribution < -0.4 is 21.7 Å².